The predicted octanol–water partition coefficient (Wildman–Crippen LogP) is 4.31. The van der Waals surface area contributed by atoms with Gasteiger partial charge in [0.2, 0.25) is 0 Å². The molecular formula is C23H22F2N4O2. The van der Waals surface area contributed by atoms with Gasteiger partial charge in [-0.25, -0.2) is 18.3 Å². The van der Waals surface area contributed by atoms with Crippen LogP contribution in [0.25, 0.3) is 16.9 Å². The second-order valence-corrected chi connectivity index (χ2v) is 8.20. The molecule has 1 aromatic carbocycles. The summed E-state index contributed by atoms with van der Waals surface area (Å²) in [6, 6.07) is 10.2. The van der Waals surface area contributed by atoms with Crippen molar-refractivity contribution in [3.05, 3.63) is 53.9 Å². The van der Waals surface area contributed by atoms with E-state index in [9.17, 15) is 18.4 Å². The smallest absolute Gasteiger partial charge is 0.280 e. The molecule has 6 nitrogen and oxygen atoms in total. The quantitative estimate of drug-likeness (QED) is 0.629. The van der Waals surface area contributed by atoms with Crippen molar-refractivity contribution < 1.29 is 18.4 Å². The number of hydrogen-bond acceptors (Lipinski definition) is 4. The van der Waals surface area contributed by atoms with Gasteiger partial charge in [-0.3, -0.25) is 9.59 Å². The molecule has 1 aliphatic heterocycles. The molecule has 1 amide bonds. The van der Waals surface area contributed by atoms with Crippen LogP contribution in [0.15, 0.2) is 42.6 Å². The molecule has 3 aromatic rings. The van der Waals surface area contributed by atoms with Crippen molar-refractivity contribution in [3.63, 3.8) is 0 Å². The largest absolute Gasteiger partial charge is 0.334 e. The Labute approximate surface area is 177 Å². The first-order valence-electron chi connectivity index (χ1n) is 10.6. The molecule has 160 valence electrons. The minimum Gasteiger partial charge on any atom is -0.334 e. The van der Waals surface area contributed by atoms with E-state index in [-0.39, 0.29) is 40.6 Å². The summed E-state index contributed by atoms with van der Waals surface area (Å²) in [5.74, 6) is -0.201. The highest BCUT2D eigenvalue weighted by molar-refractivity contribution is 6.01. The summed E-state index contributed by atoms with van der Waals surface area (Å²) in [4.78, 5) is 32.1. The lowest BCUT2D eigenvalue weighted by Gasteiger charge is -2.43. The van der Waals surface area contributed by atoms with Gasteiger partial charge in [0.05, 0.1) is 11.9 Å². The molecule has 1 saturated carbocycles. The van der Waals surface area contributed by atoms with E-state index in [0.29, 0.717) is 24.2 Å². The Hall–Kier alpha value is -3.16. The van der Waals surface area contributed by atoms with Crippen LogP contribution in [0.3, 0.4) is 0 Å². The molecule has 0 bridgehead atoms. The summed E-state index contributed by atoms with van der Waals surface area (Å²) >= 11 is 0. The fourth-order valence-corrected chi connectivity index (χ4v) is 4.90. The molecule has 2 aromatic heterocycles. The first kappa shape index (κ1) is 19.8. The van der Waals surface area contributed by atoms with Crippen molar-refractivity contribution in [3.8, 4) is 11.3 Å². The van der Waals surface area contributed by atoms with Crippen LogP contribution in [-0.2, 0) is 4.79 Å². The zero-order valence-electron chi connectivity index (χ0n) is 16.9. The van der Waals surface area contributed by atoms with Gasteiger partial charge in [-0.15, -0.1) is 0 Å². The first-order valence-corrected chi connectivity index (χ1v) is 10.6. The Bertz CT molecular complexity index is 1150. The third-order valence-electron chi connectivity index (χ3n) is 6.43. The summed E-state index contributed by atoms with van der Waals surface area (Å²) in [6.07, 6.45) is 2.42. The van der Waals surface area contributed by atoms with Crippen molar-refractivity contribution in [2.24, 2.45) is 5.92 Å². The maximum Gasteiger partial charge on any atom is 0.280 e. The monoisotopic (exact) mass is 424 g/mol. The number of alkyl halides is 2. The highest BCUT2D eigenvalue weighted by Gasteiger charge is 2.41. The number of piperidine rings is 1. The van der Waals surface area contributed by atoms with Gasteiger partial charge in [0.1, 0.15) is 17.0 Å². The van der Waals surface area contributed by atoms with Crippen LogP contribution in [0.5, 0.6) is 0 Å². The Morgan fingerprint density at radius 1 is 1.13 bits per heavy atom. The normalized spacial score (nSPS) is 21.5. The second kappa shape index (κ2) is 7.83. The van der Waals surface area contributed by atoms with Gasteiger partial charge >= 0.3 is 0 Å². The molecule has 0 N–H and O–H groups in total. The van der Waals surface area contributed by atoms with Crippen LogP contribution in [0.1, 0.15) is 54.6 Å². The predicted molar refractivity (Wildman–Crippen MR) is 110 cm³/mol. The Morgan fingerprint density at radius 3 is 2.68 bits per heavy atom. The Morgan fingerprint density at radius 2 is 1.90 bits per heavy atom. The number of nitrogens with zero attached hydrogens (tertiary/aromatic N) is 4. The third kappa shape index (κ3) is 3.40. The van der Waals surface area contributed by atoms with Crippen LogP contribution in [0.2, 0.25) is 0 Å². The number of fused-ring (bicyclic) bond motifs is 2. The van der Waals surface area contributed by atoms with Crippen molar-refractivity contribution in [1.29, 1.82) is 0 Å². The van der Waals surface area contributed by atoms with Gasteiger partial charge in [-0.05, 0) is 18.9 Å². The number of likely N-dealkylation sites (tertiary alicyclic amines) is 1. The van der Waals surface area contributed by atoms with Gasteiger partial charge in [0, 0.05) is 30.5 Å². The lowest BCUT2D eigenvalue weighted by Crippen LogP contribution is -2.53. The minimum absolute atomic E-state index is 0.117. The van der Waals surface area contributed by atoms with Crippen LogP contribution in [0.4, 0.5) is 8.78 Å². The fourth-order valence-electron chi connectivity index (χ4n) is 4.90. The summed E-state index contributed by atoms with van der Waals surface area (Å²) in [5.41, 5.74) is 1.04. The number of carbonyl (C=O) groups excluding carboxylic acids is 2. The number of halogens is 2. The van der Waals surface area contributed by atoms with Crippen LogP contribution >= 0.6 is 0 Å². The van der Waals surface area contributed by atoms with E-state index in [1.54, 1.807) is 29.2 Å². The van der Waals surface area contributed by atoms with E-state index in [4.69, 9.17) is 0 Å². The van der Waals surface area contributed by atoms with Gasteiger partial charge in [0.25, 0.3) is 12.3 Å². The van der Waals surface area contributed by atoms with Gasteiger partial charge in [0.15, 0.2) is 5.65 Å². The van der Waals surface area contributed by atoms with Crippen molar-refractivity contribution in [2.75, 3.05) is 6.54 Å². The number of Topliss-reactive ketones (excluding diaryl/α,β-unsaturated/α-hetero) is 1. The Kier molecular flexibility index (Phi) is 5.00. The van der Waals surface area contributed by atoms with Crippen LogP contribution in [-0.4, -0.2) is 43.8 Å². The molecule has 2 atom stereocenters. The number of carbonyl (C=O) groups is 2. The van der Waals surface area contributed by atoms with Crippen LogP contribution in [0, 0.1) is 5.92 Å². The highest BCUT2D eigenvalue weighted by atomic mass is 19.3. The summed E-state index contributed by atoms with van der Waals surface area (Å²) in [6.45, 7) is 0.344. The first-order chi connectivity index (χ1) is 15.0. The molecule has 31 heavy (non-hydrogen) atoms. The lowest BCUT2D eigenvalue weighted by atomic mass is 9.77. The van der Waals surface area contributed by atoms with Gasteiger partial charge in [-0.2, -0.15) is 5.10 Å². The van der Waals surface area contributed by atoms with E-state index in [1.807, 2.05) is 6.07 Å². The van der Waals surface area contributed by atoms with Crippen LogP contribution < -0.4 is 0 Å². The number of ketones is 1. The van der Waals surface area contributed by atoms with E-state index in [1.165, 1.54) is 12.3 Å². The zero-order valence-corrected chi connectivity index (χ0v) is 16.9. The molecule has 1 aliphatic carbocycles. The fraction of sp³-hybridized carbons (Fsp3) is 0.391. The molecule has 8 heteroatoms. The molecule has 3 heterocycles. The Balaban J connectivity index is 1.59. The molecule has 0 spiro atoms. The number of rotatable bonds is 3. The number of benzene rings is 1. The maximum absolute atomic E-state index is 13.8. The van der Waals surface area contributed by atoms with E-state index in [0.717, 1.165) is 30.2 Å². The third-order valence-corrected chi connectivity index (χ3v) is 6.43. The summed E-state index contributed by atoms with van der Waals surface area (Å²) in [5, 5.41) is 4.07. The zero-order chi connectivity index (χ0) is 21.5. The average molecular weight is 424 g/mol. The van der Waals surface area contributed by atoms with Crippen molar-refractivity contribution in [1.82, 2.24) is 19.5 Å². The average Bonchev–Trinajstić information content (AvgIpc) is 3.23. The molecule has 5 rings (SSSR count). The van der Waals surface area contributed by atoms with E-state index in [2.05, 4.69) is 10.1 Å². The molecule has 2 aliphatic rings. The molecule has 2 fully saturated rings. The highest BCUT2D eigenvalue weighted by Crippen LogP contribution is 2.35. The van der Waals surface area contributed by atoms with Gasteiger partial charge < -0.3 is 4.90 Å². The van der Waals surface area contributed by atoms with Crippen molar-refractivity contribution >= 4 is 17.3 Å². The molecule has 2 unspecified atom stereocenters. The van der Waals surface area contributed by atoms with Gasteiger partial charge in [-0.1, -0.05) is 43.2 Å². The topological polar surface area (TPSA) is 67.6 Å². The minimum atomic E-state index is -2.77. The number of amides is 1. The van der Waals surface area contributed by atoms with E-state index >= 15 is 0 Å². The number of hydrogen-bond donors (Lipinski definition) is 0. The summed E-state index contributed by atoms with van der Waals surface area (Å²) < 4.78 is 28.7. The molecule has 0 radical (unpaired) electrons. The molecular weight excluding hydrogens is 402 g/mol. The number of aromatic nitrogens is 3. The van der Waals surface area contributed by atoms with E-state index < -0.39 is 6.43 Å². The summed E-state index contributed by atoms with van der Waals surface area (Å²) in [7, 11) is 0. The lowest BCUT2D eigenvalue weighted by molar-refractivity contribution is -0.129. The second-order valence-electron chi connectivity index (χ2n) is 8.20. The standard InChI is InChI=1S/C23H22F2N4O2/c24-21(25)19-12-17(14-6-2-1-3-7-14)27-22-16(13-26-29(19)22)23(31)28-11-10-20(30)15-8-4-5-9-18(15)28/h1-3,6-7,12-13,15,18,21H,4-5,8-11H2. The maximum atomic E-state index is 13.8. The molecule has 1 saturated heterocycles. The van der Waals surface area contributed by atoms with Crippen molar-refractivity contribution in [2.45, 2.75) is 44.6 Å². The SMILES string of the molecule is O=C1CCN(C(=O)c2cnn3c(C(F)F)cc(-c4ccccc4)nc23)C2CCCCC12.